The Kier molecular flexibility index (Phi) is 4.10. The number of likely N-dealkylation sites (tertiary alicyclic amines) is 1. The maximum absolute atomic E-state index is 12.4. The van der Waals surface area contributed by atoms with Crippen molar-refractivity contribution < 1.29 is 9.59 Å². The number of hydrogen-bond donors (Lipinski definition) is 2. The quantitative estimate of drug-likeness (QED) is 0.862. The van der Waals surface area contributed by atoms with E-state index in [1.54, 1.807) is 17.3 Å². The molecule has 1 aromatic rings. The van der Waals surface area contributed by atoms with Crippen LogP contribution >= 0.6 is 11.3 Å². The van der Waals surface area contributed by atoms with Gasteiger partial charge in [0.05, 0.1) is 11.5 Å². The Morgan fingerprint density at radius 3 is 2.85 bits per heavy atom. The number of nitrogens with two attached hydrogens (primary N) is 1. The van der Waals surface area contributed by atoms with Crippen LogP contribution in [-0.4, -0.2) is 41.8 Å². The van der Waals surface area contributed by atoms with Crippen molar-refractivity contribution in [3.8, 4) is 0 Å². The monoisotopic (exact) mass is 296 g/mol. The second-order valence-electron chi connectivity index (χ2n) is 5.48. The van der Waals surface area contributed by atoms with Crippen molar-refractivity contribution in [2.45, 2.75) is 26.3 Å². The zero-order chi connectivity index (χ0) is 14.9. The number of nitrogens with zero attached hydrogens (tertiary/aromatic N) is 2. The number of carbonyl (C=O) groups excluding carboxylic acids is 2. The van der Waals surface area contributed by atoms with Crippen LogP contribution in [0.25, 0.3) is 0 Å². The fourth-order valence-corrected chi connectivity index (χ4v) is 3.13. The minimum Gasteiger partial charge on any atom is -0.359 e. The zero-order valence-corrected chi connectivity index (χ0v) is 12.8. The van der Waals surface area contributed by atoms with E-state index in [1.807, 2.05) is 13.8 Å². The van der Waals surface area contributed by atoms with Gasteiger partial charge in [0.2, 0.25) is 5.91 Å². The molecule has 2 heterocycles. The second-order valence-corrected chi connectivity index (χ2v) is 6.37. The number of hydrogen-bond acceptors (Lipinski definition) is 5. The third-order valence-electron chi connectivity index (χ3n) is 3.67. The van der Waals surface area contributed by atoms with Crippen molar-refractivity contribution in [3.63, 3.8) is 0 Å². The molecule has 2 amide bonds. The summed E-state index contributed by atoms with van der Waals surface area (Å²) in [6, 6.07) is -0.170. The lowest BCUT2D eigenvalue weighted by Crippen LogP contribution is -2.40. The molecule has 1 aliphatic heterocycles. The molecule has 0 radical (unpaired) electrons. The average molecular weight is 296 g/mol. The first-order chi connectivity index (χ1) is 9.37. The highest BCUT2D eigenvalue weighted by atomic mass is 32.1. The molecular formula is C13H20N4O2S. The lowest BCUT2D eigenvalue weighted by atomic mass is 9.89. The molecule has 0 spiro atoms. The number of thiazole rings is 1. The minimum atomic E-state index is -0.510. The molecule has 1 fully saturated rings. The normalized spacial score (nSPS) is 23.7. The molecule has 1 aliphatic rings. The Morgan fingerprint density at radius 1 is 1.60 bits per heavy atom. The third kappa shape index (κ3) is 2.69. The molecule has 2 rings (SSSR count). The molecular weight excluding hydrogens is 276 g/mol. The van der Waals surface area contributed by atoms with E-state index >= 15 is 0 Å². The summed E-state index contributed by atoms with van der Waals surface area (Å²) in [4.78, 5) is 30.2. The van der Waals surface area contributed by atoms with Crippen LogP contribution in [0, 0.1) is 5.41 Å². The van der Waals surface area contributed by atoms with Crippen molar-refractivity contribution >= 4 is 23.2 Å². The van der Waals surface area contributed by atoms with E-state index in [-0.39, 0.29) is 17.9 Å². The molecule has 2 atom stereocenters. The number of nitrogens with one attached hydrogen (secondary N) is 1. The molecule has 2 unspecified atom stereocenters. The summed E-state index contributed by atoms with van der Waals surface area (Å²) in [7, 11) is 1.62. The summed E-state index contributed by atoms with van der Waals surface area (Å²) in [6.45, 7) is 4.73. The zero-order valence-electron chi connectivity index (χ0n) is 12.0. The van der Waals surface area contributed by atoms with Gasteiger partial charge in [0, 0.05) is 25.5 Å². The standard InChI is InChI=1S/C13H20N4O2S/c1-8(14)10-16-9(6-20-10)11(18)17-5-4-13(2,7-17)12(19)15-3/h6,8H,4-5,7,14H2,1-3H3,(H,15,19). The lowest BCUT2D eigenvalue weighted by molar-refractivity contribution is -0.128. The van der Waals surface area contributed by atoms with Crippen LogP contribution < -0.4 is 11.1 Å². The van der Waals surface area contributed by atoms with Gasteiger partial charge in [-0.15, -0.1) is 11.3 Å². The largest absolute Gasteiger partial charge is 0.359 e. The van der Waals surface area contributed by atoms with E-state index in [0.29, 0.717) is 25.2 Å². The molecule has 0 bridgehead atoms. The first-order valence-electron chi connectivity index (χ1n) is 6.60. The summed E-state index contributed by atoms with van der Waals surface area (Å²) < 4.78 is 0. The highest BCUT2D eigenvalue weighted by molar-refractivity contribution is 7.09. The van der Waals surface area contributed by atoms with Gasteiger partial charge in [0.15, 0.2) is 0 Å². The fourth-order valence-electron chi connectivity index (χ4n) is 2.38. The van der Waals surface area contributed by atoms with Crippen molar-refractivity contribution in [2.24, 2.45) is 11.1 Å². The first kappa shape index (κ1) is 14.9. The van der Waals surface area contributed by atoms with Crippen molar-refractivity contribution in [1.82, 2.24) is 15.2 Å². The Balaban J connectivity index is 2.09. The predicted molar refractivity (Wildman–Crippen MR) is 77.4 cm³/mol. The van der Waals surface area contributed by atoms with E-state index in [9.17, 15) is 9.59 Å². The average Bonchev–Trinajstić information content (AvgIpc) is 3.04. The lowest BCUT2D eigenvalue weighted by Gasteiger charge is -2.22. The van der Waals surface area contributed by atoms with Crippen molar-refractivity contribution in [1.29, 1.82) is 0 Å². The van der Waals surface area contributed by atoms with E-state index < -0.39 is 5.41 Å². The summed E-state index contributed by atoms with van der Waals surface area (Å²) >= 11 is 1.39. The van der Waals surface area contributed by atoms with Crippen LogP contribution in [0.4, 0.5) is 0 Å². The summed E-state index contributed by atoms with van der Waals surface area (Å²) in [5, 5.41) is 5.14. The van der Waals surface area contributed by atoms with Crippen molar-refractivity contribution in [2.75, 3.05) is 20.1 Å². The molecule has 6 nitrogen and oxygen atoms in total. The SMILES string of the molecule is CNC(=O)C1(C)CCN(C(=O)c2csc(C(C)N)n2)C1. The van der Waals surface area contributed by atoms with E-state index in [4.69, 9.17) is 5.73 Å². The van der Waals surface area contributed by atoms with Crippen LogP contribution in [0.2, 0.25) is 0 Å². The summed E-state index contributed by atoms with van der Waals surface area (Å²) in [6.07, 6.45) is 0.669. The van der Waals surface area contributed by atoms with Gasteiger partial charge in [-0.25, -0.2) is 4.98 Å². The third-order valence-corrected chi connectivity index (χ3v) is 4.71. The number of rotatable bonds is 3. The van der Waals surface area contributed by atoms with Crippen LogP contribution in [0.15, 0.2) is 5.38 Å². The summed E-state index contributed by atoms with van der Waals surface area (Å²) in [5.74, 6) is -0.150. The Hall–Kier alpha value is -1.47. The Morgan fingerprint density at radius 2 is 2.30 bits per heavy atom. The van der Waals surface area contributed by atoms with Crippen LogP contribution in [0.3, 0.4) is 0 Å². The fraction of sp³-hybridized carbons (Fsp3) is 0.615. The smallest absolute Gasteiger partial charge is 0.273 e. The number of aromatic nitrogens is 1. The van der Waals surface area contributed by atoms with Gasteiger partial charge < -0.3 is 16.0 Å². The Bertz CT molecular complexity index is 528. The predicted octanol–water partition coefficient (Wildman–Crippen LogP) is 0.761. The van der Waals surface area contributed by atoms with Crippen molar-refractivity contribution in [3.05, 3.63) is 16.1 Å². The van der Waals surface area contributed by atoms with E-state index in [2.05, 4.69) is 10.3 Å². The molecule has 3 N–H and O–H groups in total. The molecule has 0 aromatic carbocycles. The first-order valence-corrected chi connectivity index (χ1v) is 7.48. The molecule has 110 valence electrons. The topological polar surface area (TPSA) is 88.3 Å². The molecule has 1 aromatic heterocycles. The maximum atomic E-state index is 12.4. The molecule has 20 heavy (non-hydrogen) atoms. The molecule has 1 saturated heterocycles. The van der Waals surface area contributed by atoms with Gasteiger partial charge in [-0.2, -0.15) is 0 Å². The molecule has 7 heteroatoms. The second kappa shape index (κ2) is 5.49. The molecule has 0 saturated carbocycles. The van der Waals surface area contributed by atoms with Gasteiger partial charge in [0.1, 0.15) is 10.7 Å². The van der Waals surface area contributed by atoms with Crippen LogP contribution in [0.1, 0.15) is 41.8 Å². The van der Waals surface area contributed by atoms with E-state index in [1.165, 1.54) is 11.3 Å². The summed E-state index contributed by atoms with van der Waals surface area (Å²) in [5.41, 5.74) is 5.66. The maximum Gasteiger partial charge on any atom is 0.273 e. The van der Waals surface area contributed by atoms with E-state index in [0.717, 1.165) is 5.01 Å². The van der Waals surface area contributed by atoms with Crippen LogP contribution in [-0.2, 0) is 4.79 Å². The van der Waals surface area contributed by atoms with Gasteiger partial charge >= 0.3 is 0 Å². The van der Waals surface area contributed by atoms with Gasteiger partial charge in [-0.05, 0) is 20.3 Å². The number of carbonyl (C=O) groups is 2. The van der Waals surface area contributed by atoms with Gasteiger partial charge in [-0.3, -0.25) is 9.59 Å². The Labute approximate surface area is 122 Å². The molecule has 0 aliphatic carbocycles. The highest BCUT2D eigenvalue weighted by Gasteiger charge is 2.42. The van der Waals surface area contributed by atoms with Gasteiger partial charge in [0.25, 0.3) is 5.91 Å². The van der Waals surface area contributed by atoms with Crippen LogP contribution in [0.5, 0.6) is 0 Å². The minimum absolute atomic E-state index is 0.0256. The highest BCUT2D eigenvalue weighted by Crippen LogP contribution is 2.31. The van der Waals surface area contributed by atoms with Gasteiger partial charge in [-0.1, -0.05) is 0 Å². The number of amides is 2.